The minimum atomic E-state index is -0.961. The van der Waals surface area contributed by atoms with Crippen LogP contribution in [0, 0.1) is 0 Å². The summed E-state index contributed by atoms with van der Waals surface area (Å²) in [7, 11) is 0. The minimum Gasteiger partial charge on any atom is -0.492 e. The number of aliphatic carboxylic acids is 1. The van der Waals surface area contributed by atoms with Crippen LogP contribution in [0.2, 0.25) is 0 Å². The van der Waals surface area contributed by atoms with Crippen LogP contribution < -0.4 is 10.1 Å². The quantitative estimate of drug-likeness (QED) is 0.285. The average Bonchev–Trinajstić information content (AvgIpc) is 3.41. The van der Waals surface area contributed by atoms with Gasteiger partial charge in [0.15, 0.2) is 6.10 Å². The molecule has 2 aromatic rings. The first-order valence-electron chi connectivity index (χ1n) is 13.3. The number of carbonyl (C=O) groups is 2. The lowest BCUT2D eigenvalue weighted by atomic mass is 10.1. The molecule has 0 heterocycles. The first-order chi connectivity index (χ1) is 18.0. The van der Waals surface area contributed by atoms with Crippen molar-refractivity contribution in [2.45, 2.75) is 63.3 Å². The summed E-state index contributed by atoms with van der Waals surface area (Å²) in [6, 6.07) is 18.1. The summed E-state index contributed by atoms with van der Waals surface area (Å²) in [6.07, 6.45) is 4.85. The summed E-state index contributed by atoms with van der Waals surface area (Å²) >= 11 is 1.89. The maximum atomic E-state index is 13.0. The van der Waals surface area contributed by atoms with Gasteiger partial charge in [-0.3, -0.25) is 0 Å². The van der Waals surface area contributed by atoms with E-state index < -0.39 is 12.1 Å². The Morgan fingerprint density at radius 3 is 2.46 bits per heavy atom. The lowest BCUT2D eigenvalue weighted by Gasteiger charge is -2.25. The number of hydrogen-bond acceptors (Lipinski definition) is 5. The molecular formula is C29H40N2O5S. The molecule has 8 heteroatoms. The van der Waals surface area contributed by atoms with Gasteiger partial charge < -0.3 is 24.8 Å². The third-order valence-electron chi connectivity index (χ3n) is 6.42. The van der Waals surface area contributed by atoms with Crippen LogP contribution in [0.1, 0.15) is 50.2 Å². The van der Waals surface area contributed by atoms with Crippen LogP contribution in [0.5, 0.6) is 5.75 Å². The molecule has 2 aromatic carbocycles. The fourth-order valence-electron chi connectivity index (χ4n) is 4.40. The highest BCUT2D eigenvalue weighted by Gasteiger charge is 2.21. The van der Waals surface area contributed by atoms with Crippen LogP contribution in [0.15, 0.2) is 54.6 Å². The van der Waals surface area contributed by atoms with Crippen LogP contribution in [-0.4, -0.2) is 66.2 Å². The average molecular weight is 529 g/mol. The van der Waals surface area contributed by atoms with Crippen molar-refractivity contribution in [1.82, 2.24) is 10.2 Å². The van der Waals surface area contributed by atoms with Gasteiger partial charge in [-0.1, -0.05) is 55.3 Å². The molecule has 37 heavy (non-hydrogen) atoms. The zero-order valence-electron chi connectivity index (χ0n) is 21.8. The van der Waals surface area contributed by atoms with Crippen molar-refractivity contribution >= 4 is 23.8 Å². The molecule has 2 N–H and O–H groups in total. The number of ether oxygens (including phenoxy) is 2. The number of rotatable bonds is 16. The lowest BCUT2D eigenvalue weighted by Crippen LogP contribution is -2.46. The Hall–Kier alpha value is -2.71. The van der Waals surface area contributed by atoms with Gasteiger partial charge in [-0.15, -0.1) is 0 Å². The van der Waals surface area contributed by atoms with Crippen molar-refractivity contribution in [3.8, 4) is 5.75 Å². The maximum absolute atomic E-state index is 13.0. The fraction of sp³-hybridized carbons (Fsp3) is 0.517. The molecule has 1 saturated carbocycles. The molecule has 0 spiro atoms. The molecular weight excluding hydrogens is 488 g/mol. The second kappa shape index (κ2) is 16.2. The molecule has 0 saturated heterocycles. The van der Waals surface area contributed by atoms with E-state index in [0.717, 1.165) is 36.3 Å². The molecule has 0 radical (unpaired) electrons. The molecule has 7 nitrogen and oxygen atoms in total. The Morgan fingerprint density at radius 2 is 1.78 bits per heavy atom. The summed E-state index contributed by atoms with van der Waals surface area (Å²) < 4.78 is 11.2. The van der Waals surface area contributed by atoms with Crippen LogP contribution in [0.3, 0.4) is 0 Å². The van der Waals surface area contributed by atoms with Crippen molar-refractivity contribution in [3.05, 3.63) is 65.7 Å². The summed E-state index contributed by atoms with van der Waals surface area (Å²) in [6.45, 7) is 3.74. The number of thioether (sulfide) groups is 1. The molecule has 0 bridgehead atoms. The fourth-order valence-corrected chi connectivity index (χ4v) is 5.31. The van der Waals surface area contributed by atoms with Gasteiger partial charge in [-0.2, -0.15) is 11.8 Å². The van der Waals surface area contributed by atoms with Crippen molar-refractivity contribution in [1.29, 1.82) is 0 Å². The van der Waals surface area contributed by atoms with Crippen molar-refractivity contribution in [2.24, 2.45) is 0 Å². The number of carbonyl (C=O) groups excluding carboxylic acids is 1. The van der Waals surface area contributed by atoms with Crippen LogP contribution in [0.4, 0.5) is 4.79 Å². The van der Waals surface area contributed by atoms with E-state index in [9.17, 15) is 14.7 Å². The van der Waals surface area contributed by atoms with Gasteiger partial charge in [0.1, 0.15) is 12.4 Å². The summed E-state index contributed by atoms with van der Waals surface area (Å²) in [5.41, 5.74) is 2.19. The van der Waals surface area contributed by atoms with Gasteiger partial charge in [0.05, 0.1) is 6.54 Å². The maximum Gasteiger partial charge on any atom is 0.333 e. The third kappa shape index (κ3) is 10.7. The number of carboxylic acids is 1. The summed E-state index contributed by atoms with van der Waals surface area (Å²) in [5, 5.41) is 12.5. The standard InChI is InChI=1S/C29H40N2O5S/c1-2-35-27(28(32)33)21-23-13-15-26(16-14-23)36-19-18-31(29(34)30-25-11-6-7-12-25)17-8-20-37-22-24-9-4-3-5-10-24/h3-5,9-10,13-16,25,27H,2,6-8,11-12,17-22H2,1H3,(H,30,34)(H,32,33). The van der Waals surface area contributed by atoms with Crippen molar-refractivity contribution in [3.63, 3.8) is 0 Å². The normalized spacial score (nSPS) is 14.3. The molecule has 0 aromatic heterocycles. The van der Waals surface area contributed by atoms with Crippen LogP contribution in [-0.2, 0) is 21.7 Å². The lowest BCUT2D eigenvalue weighted by molar-refractivity contribution is -0.149. The Labute approximate surface area is 224 Å². The van der Waals surface area contributed by atoms with E-state index in [-0.39, 0.29) is 12.1 Å². The number of nitrogens with zero attached hydrogens (tertiary/aromatic N) is 1. The number of hydrogen-bond donors (Lipinski definition) is 2. The summed E-state index contributed by atoms with van der Waals surface area (Å²) in [4.78, 5) is 26.2. The number of amides is 2. The molecule has 0 aliphatic heterocycles. The first kappa shape index (κ1) is 28.9. The number of urea groups is 1. The van der Waals surface area contributed by atoms with E-state index in [1.165, 1.54) is 18.4 Å². The Balaban J connectivity index is 1.45. The highest BCUT2D eigenvalue weighted by Crippen LogP contribution is 2.19. The van der Waals surface area contributed by atoms with Gasteiger partial charge in [0.25, 0.3) is 0 Å². The van der Waals surface area contributed by atoms with E-state index >= 15 is 0 Å². The number of carboxylic acid groups (broad SMARTS) is 1. The highest BCUT2D eigenvalue weighted by atomic mass is 32.2. The van der Waals surface area contributed by atoms with Crippen molar-refractivity contribution in [2.75, 3.05) is 32.1 Å². The Bertz CT molecular complexity index is 935. The predicted molar refractivity (Wildman–Crippen MR) is 148 cm³/mol. The van der Waals surface area contributed by atoms with E-state index in [2.05, 4.69) is 29.6 Å². The van der Waals surface area contributed by atoms with Crippen molar-refractivity contribution < 1.29 is 24.2 Å². The minimum absolute atomic E-state index is 0.00505. The van der Waals surface area contributed by atoms with E-state index in [0.29, 0.717) is 38.5 Å². The summed E-state index contributed by atoms with van der Waals surface area (Å²) in [5.74, 6) is 1.70. The molecule has 1 fully saturated rings. The second-order valence-corrected chi connectivity index (χ2v) is 10.4. The Kier molecular flexibility index (Phi) is 12.6. The van der Waals surface area contributed by atoms with Crippen LogP contribution in [0.25, 0.3) is 0 Å². The topological polar surface area (TPSA) is 88.1 Å². The largest absolute Gasteiger partial charge is 0.492 e. The molecule has 1 aliphatic carbocycles. The molecule has 1 aliphatic rings. The zero-order valence-corrected chi connectivity index (χ0v) is 22.6. The van der Waals surface area contributed by atoms with E-state index in [1.54, 1.807) is 6.92 Å². The first-order valence-corrected chi connectivity index (χ1v) is 14.4. The van der Waals surface area contributed by atoms with Crippen LogP contribution >= 0.6 is 11.8 Å². The zero-order chi connectivity index (χ0) is 26.3. The molecule has 2 amide bonds. The molecule has 3 rings (SSSR count). The van der Waals surface area contributed by atoms with Gasteiger partial charge in [-0.05, 0) is 55.2 Å². The van der Waals surface area contributed by atoms with Gasteiger partial charge in [-0.25, -0.2) is 9.59 Å². The monoisotopic (exact) mass is 528 g/mol. The smallest absolute Gasteiger partial charge is 0.333 e. The molecule has 202 valence electrons. The van der Waals surface area contributed by atoms with Gasteiger partial charge in [0.2, 0.25) is 0 Å². The predicted octanol–water partition coefficient (Wildman–Crippen LogP) is 5.38. The van der Waals surface area contributed by atoms with E-state index in [4.69, 9.17) is 9.47 Å². The Morgan fingerprint density at radius 1 is 1.05 bits per heavy atom. The second-order valence-electron chi connectivity index (χ2n) is 9.29. The molecule has 1 unspecified atom stereocenters. The SMILES string of the molecule is CCOC(Cc1ccc(OCCN(CCCSCc2ccccc2)C(=O)NC2CCCC2)cc1)C(=O)O. The van der Waals surface area contributed by atoms with Gasteiger partial charge >= 0.3 is 12.0 Å². The van der Waals surface area contributed by atoms with Gasteiger partial charge in [0, 0.05) is 31.4 Å². The molecule has 1 atom stereocenters. The number of benzene rings is 2. The van der Waals surface area contributed by atoms with E-state index in [1.807, 2.05) is 47.0 Å². The third-order valence-corrected chi connectivity index (χ3v) is 7.53. The highest BCUT2D eigenvalue weighted by molar-refractivity contribution is 7.98. The number of nitrogens with one attached hydrogen (secondary N) is 1.